The molecule has 0 fully saturated rings. The van der Waals surface area contributed by atoms with Crippen LogP contribution in [0.3, 0.4) is 0 Å². The van der Waals surface area contributed by atoms with E-state index in [4.69, 9.17) is 10.5 Å². The number of hydrogen-bond acceptors (Lipinski definition) is 3. The van der Waals surface area contributed by atoms with Crippen LogP contribution in [0.1, 0.15) is 31.4 Å². The molecular formula is C15H24N2O. The Bertz CT molecular complexity index is 415. The lowest BCUT2D eigenvalue weighted by atomic mass is 9.82. The average Bonchev–Trinajstić information content (AvgIpc) is 2.40. The van der Waals surface area contributed by atoms with Gasteiger partial charge in [-0.15, -0.1) is 0 Å². The second-order valence-corrected chi connectivity index (χ2v) is 5.01. The number of benzene rings is 1. The summed E-state index contributed by atoms with van der Waals surface area (Å²) < 4.78 is 5.79. The van der Waals surface area contributed by atoms with Crippen molar-refractivity contribution >= 4 is 0 Å². The highest BCUT2D eigenvalue weighted by molar-refractivity contribution is 5.44. The molecule has 1 heterocycles. The molecule has 0 saturated carbocycles. The molecule has 100 valence electrons. The van der Waals surface area contributed by atoms with Crippen molar-refractivity contribution in [3.63, 3.8) is 0 Å². The van der Waals surface area contributed by atoms with Crippen LogP contribution >= 0.6 is 0 Å². The minimum atomic E-state index is -0.0525. The van der Waals surface area contributed by atoms with Gasteiger partial charge in [-0.1, -0.05) is 31.5 Å². The molecule has 1 atom stereocenters. The Morgan fingerprint density at radius 3 is 2.67 bits per heavy atom. The molecule has 2 rings (SSSR count). The van der Waals surface area contributed by atoms with Gasteiger partial charge in [0.05, 0.1) is 12.1 Å². The minimum absolute atomic E-state index is 0.0525. The largest absolute Gasteiger partial charge is 0.493 e. The molecule has 18 heavy (non-hydrogen) atoms. The van der Waals surface area contributed by atoms with Crippen LogP contribution in [0.15, 0.2) is 18.2 Å². The van der Waals surface area contributed by atoms with Crippen LogP contribution in [0.2, 0.25) is 0 Å². The van der Waals surface area contributed by atoms with Crippen molar-refractivity contribution in [3.8, 4) is 5.75 Å². The summed E-state index contributed by atoms with van der Waals surface area (Å²) in [6.07, 6.45) is 0.974. The second-order valence-electron chi connectivity index (χ2n) is 5.01. The van der Waals surface area contributed by atoms with Gasteiger partial charge in [0.25, 0.3) is 0 Å². The third-order valence-corrected chi connectivity index (χ3v) is 4.12. The third-order valence-electron chi connectivity index (χ3n) is 4.12. The summed E-state index contributed by atoms with van der Waals surface area (Å²) in [5.41, 5.74) is 8.64. The average molecular weight is 248 g/mol. The van der Waals surface area contributed by atoms with Gasteiger partial charge in [0, 0.05) is 18.5 Å². The smallest absolute Gasteiger partial charge is 0.124 e. The molecule has 1 aliphatic rings. The number of ether oxygens (including phenoxy) is 1. The van der Waals surface area contributed by atoms with Crippen LogP contribution in [0.25, 0.3) is 0 Å². The number of likely N-dealkylation sites (N-methyl/N-ethyl adjacent to an activating group) is 1. The van der Waals surface area contributed by atoms with Crippen molar-refractivity contribution in [1.29, 1.82) is 0 Å². The fourth-order valence-electron chi connectivity index (χ4n) is 3.10. The van der Waals surface area contributed by atoms with E-state index in [1.165, 1.54) is 11.1 Å². The molecule has 0 aliphatic carbocycles. The molecule has 3 heteroatoms. The highest BCUT2D eigenvalue weighted by Crippen LogP contribution is 2.41. The Labute approximate surface area is 110 Å². The summed E-state index contributed by atoms with van der Waals surface area (Å²) in [4.78, 5) is 2.47. The standard InChI is InChI=1S/C15H24N2O/c1-4-17(5-2)15(11-16)8-9-18-14-7-6-12(3)10-13(14)15/h6-7,10H,4-5,8-9,11,16H2,1-3H3. The zero-order chi connectivity index (χ0) is 13.2. The Morgan fingerprint density at radius 2 is 2.06 bits per heavy atom. The van der Waals surface area contributed by atoms with Gasteiger partial charge in [-0.3, -0.25) is 4.90 Å². The maximum absolute atomic E-state index is 6.16. The van der Waals surface area contributed by atoms with E-state index in [1.807, 2.05) is 0 Å². The first-order valence-electron chi connectivity index (χ1n) is 6.87. The van der Waals surface area contributed by atoms with E-state index < -0.39 is 0 Å². The molecule has 3 nitrogen and oxygen atoms in total. The predicted octanol–water partition coefficient (Wildman–Crippen LogP) is 2.27. The van der Waals surface area contributed by atoms with Crippen molar-refractivity contribution < 1.29 is 4.74 Å². The van der Waals surface area contributed by atoms with Crippen LogP contribution in [-0.2, 0) is 5.54 Å². The van der Waals surface area contributed by atoms with Crippen molar-refractivity contribution in [1.82, 2.24) is 4.90 Å². The van der Waals surface area contributed by atoms with E-state index in [0.717, 1.165) is 31.9 Å². The van der Waals surface area contributed by atoms with Crippen LogP contribution in [-0.4, -0.2) is 31.1 Å². The number of nitrogens with two attached hydrogens (primary N) is 1. The molecule has 1 aliphatic heterocycles. The molecule has 1 aromatic rings. The van der Waals surface area contributed by atoms with Crippen LogP contribution in [0, 0.1) is 6.92 Å². The molecule has 0 saturated heterocycles. The molecule has 0 amide bonds. The molecule has 0 bridgehead atoms. The third kappa shape index (κ3) is 2.02. The normalized spacial score (nSPS) is 22.7. The van der Waals surface area contributed by atoms with E-state index in [-0.39, 0.29) is 5.54 Å². The van der Waals surface area contributed by atoms with Crippen molar-refractivity contribution in [2.45, 2.75) is 32.7 Å². The van der Waals surface area contributed by atoms with Crippen LogP contribution in [0.4, 0.5) is 0 Å². The molecular weight excluding hydrogens is 224 g/mol. The highest BCUT2D eigenvalue weighted by Gasteiger charge is 2.40. The topological polar surface area (TPSA) is 38.5 Å². The fraction of sp³-hybridized carbons (Fsp3) is 0.600. The van der Waals surface area contributed by atoms with Gasteiger partial charge < -0.3 is 10.5 Å². The van der Waals surface area contributed by atoms with Gasteiger partial charge in [0.15, 0.2) is 0 Å². The zero-order valence-corrected chi connectivity index (χ0v) is 11.7. The first-order valence-corrected chi connectivity index (χ1v) is 6.87. The van der Waals surface area contributed by atoms with E-state index in [1.54, 1.807) is 0 Å². The first-order chi connectivity index (χ1) is 8.67. The summed E-state index contributed by atoms with van der Waals surface area (Å²) in [7, 11) is 0. The molecule has 2 N–H and O–H groups in total. The lowest BCUT2D eigenvalue weighted by Crippen LogP contribution is -2.53. The van der Waals surface area contributed by atoms with Gasteiger partial charge in [0.2, 0.25) is 0 Å². The second kappa shape index (κ2) is 5.29. The fourth-order valence-corrected chi connectivity index (χ4v) is 3.10. The van der Waals surface area contributed by atoms with Gasteiger partial charge in [-0.25, -0.2) is 0 Å². The summed E-state index contributed by atoms with van der Waals surface area (Å²) in [5, 5.41) is 0. The monoisotopic (exact) mass is 248 g/mol. The van der Waals surface area contributed by atoms with E-state index >= 15 is 0 Å². The van der Waals surface area contributed by atoms with Crippen molar-refractivity contribution in [2.24, 2.45) is 5.73 Å². The molecule has 1 aromatic carbocycles. The molecule has 0 spiro atoms. The van der Waals surface area contributed by atoms with Gasteiger partial charge in [0.1, 0.15) is 5.75 Å². The lowest BCUT2D eigenvalue weighted by molar-refractivity contribution is 0.0574. The van der Waals surface area contributed by atoms with Crippen LogP contribution in [0.5, 0.6) is 5.75 Å². The number of rotatable bonds is 4. The maximum atomic E-state index is 6.16. The van der Waals surface area contributed by atoms with E-state index in [2.05, 4.69) is 43.9 Å². The SMILES string of the molecule is CCN(CC)C1(CN)CCOc2ccc(C)cc21. The number of hydrogen-bond donors (Lipinski definition) is 1. The Balaban J connectivity index is 2.53. The lowest BCUT2D eigenvalue weighted by Gasteiger charge is -2.46. The van der Waals surface area contributed by atoms with Gasteiger partial charge >= 0.3 is 0 Å². The summed E-state index contributed by atoms with van der Waals surface area (Å²) in [6, 6.07) is 6.42. The summed E-state index contributed by atoms with van der Waals surface area (Å²) in [5.74, 6) is 1.00. The maximum Gasteiger partial charge on any atom is 0.124 e. The molecule has 1 unspecified atom stereocenters. The Morgan fingerprint density at radius 1 is 1.33 bits per heavy atom. The van der Waals surface area contributed by atoms with Gasteiger partial charge in [-0.05, 0) is 26.1 Å². The van der Waals surface area contributed by atoms with Gasteiger partial charge in [-0.2, -0.15) is 0 Å². The quantitative estimate of drug-likeness (QED) is 0.888. The highest BCUT2D eigenvalue weighted by atomic mass is 16.5. The number of aryl methyl sites for hydroxylation is 1. The predicted molar refractivity (Wildman–Crippen MR) is 74.9 cm³/mol. The van der Waals surface area contributed by atoms with E-state index in [9.17, 15) is 0 Å². The Hall–Kier alpha value is -1.06. The summed E-state index contributed by atoms with van der Waals surface area (Å²) in [6.45, 7) is 9.95. The summed E-state index contributed by atoms with van der Waals surface area (Å²) >= 11 is 0. The number of fused-ring (bicyclic) bond motifs is 1. The van der Waals surface area contributed by atoms with Crippen molar-refractivity contribution in [2.75, 3.05) is 26.2 Å². The van der Waals surface area contributed by atoms with Crippen molar-refractivity contribution in [3.05, 3.63) is 29.3 Å². The minimum Gasteiger partial charge on any atom is -0.493 e. The zero-order valence-electron chi connectivity index (χ0n) is 11.7. The number of nitrogens with zero attached hydrogens (tertiary/aromatic N) is 1. The van der Waals surface area contributed by atoms with Crippen LogP contribution < -0.4 is 10.5 Å². The van der Waals surface area contributed by atoms with E-state index in [0.29, 0.717) is 6.54 Å². The first kappa shape index (κ1) is 13.4. The molecule has 0 radical (unpaired) electrons. The molecule has 0 aromatic heterocycles. The Kier molecular flexibility index (Phi) is 3.93.